The molecule has 1 unspecified atom stereocenters. The molecule has 0 aliphatic carbocycles. The van der Waals surface area contributed by atoms with Crippen molar-refractivity contribution in [2.75, 3.05) is 16.8 Å². The van der Waals surface area contributed by atoms with Crippen LogP contribution in [-0.4, -0.2) is 59.1 Å². The summed E-state index contributed by atoms with van der Waals surface area (Å²) in [5.74, 6) is -0.350. The first kappa shape index (κ1) is 20.2. The third kappa shape index (κ3) is 3.86. The smallest absolute Gasteiger partial charge is 0.423 e. The SMILES string of the molecule is Cc1nn(C2CCS(=O)(=O)C2)c(C)c1NC(=O)c1ccc(B(O)O)c(C=O)c1. The molecular formula is C17H20BN3O6S. The van der Waals surface area contributed by atoms with Crippen LogP contribution in [0.5, 0.6) is 0 Å². The average Bonchev–Trinajstić information content (AvgIpc) is 3.14. The topological polar surface area (TPSA) is 139 Å². The number of carbonyl (C=O) groups is 2. The molecule has 1 aromatic heterocycles. The van der Waals surface area contributed by atoms with E-state index in [0.717, 1.165) is 0 Å². The molecule has 1 atom stereocenters. The summed E-state index contributed by atoms with van der Waals surface area (Å²) in [6, 6.07) is 3.70. The van der Waals surface area contributed by atoms with Crippen LogP contribution in [0.25, 0.3) is 0 Å². The lowest BCUT2D eigenvalue weighted by molar-refractivity contribution is 0.102. The van der Waals surface area contributed by atoms with E-state index in [0.29, 0.717) is 29.8 Å². The van der Waals surface area contributed by atoms with Gasteiger partial charge < -0.3 is 15.4 Å². The molecule has 2 heterocycles. The van der Waals surface area contributed by atoms with E-state index >= 15 is 0 Å². The van der Waals surface area contributed by atoms with Crippen molar-refractivity contribution in [3.8, 4) is 0 Å². The highest BCUT2D eigenvalue weighted by atomic mass is 32.2. The number of nitrogens with zero attached hydrogens (tertiary/aromatic N) is 2. The zero-order chi connectivity index (χ0) is 20.6. The number of rotatable bonds is 5. The van der Waals surface area contributed by atoms with Gasteiger partial charge in [-0.05, 0) is 37.9 Å². The summed E-state index contributed by atoms with van der Waals surface area (Å²) in [7, 11) is -4.89. The summed E-state index contributed by atoms with van der Waals surface area (Å²) >= 11 is 0. The van der Waals surface area contributed by atoms with Crippen LogP contribution in [0.4, 0.5) is 5.69 Å². The molecule has 11 heteroatoms. The number of nitrogens with one attached hydrogen (secondary N) is 1. The first-order chi connectivity index (χ1) is 13.1. The van der Waals surface area contributed by atoms with Crippen molar-refractivity contribution in [3.63, 3.8) is 0 Å². The van der Waals surface area contributed by atoms with Crippen molar-refractivity contribution < 1.29 is 28.1 Å². The van der Waals surface area contributed by atoms with Crippen LogP contribution in [0, 0.1) is 13.8 Å². The standard InChI is InChI=1S/C17H20BN3O6S/c1-10-16(11(2)21(20-10)14-5-6-28(26,27)9-14)19-17(23)12-3-4-15(18(24)25)13(7-12)8-22/h3-4,7-8,14,24-25H,5-6,9H2,1-2H3,(H,19,23). The maximum Gasteiger partial charge on any atom is 0.489 e. The lowest BCUT2D eigenvalue weighted by Gasteiger charge is -2.12. The number of sulfone groups is 1. The van der Waals surface area contributed by atoms with Gasteiger partial charge in [0.25, 0.3) is 5.91 Å². The minimum absolute atomic E-state index is 0.00273. The van der Waals surface area contributed by atoms with Crippen LogP contribution in [0.3, 0.4) is 0 Å². The van der Waals surface area contributed by atoms with Gasteiger partial charge in [-0.3, -0.25) is 14.3 Å². The van der Waals surface area contributed by atoms with E-state index < -0.39 is 22.9 Å². The van der Waals surface area contributed by atoms with Crippen LogP contribution < -0.4 is 10.8 Å². The van der Waals surface area contributed by atoms with Crippen LogP contribution in [0.1, 0.15) is 44.6 Å². The van der Waals surface area contributed by atoms with Gasteiger partial charge in [0.15, 0.2) is 9.84 Å². The Bertz CT molecular complexity index is 1050. The molecule has 148 valence electrons. The Morgan fingerprint density at radius 3 is 2.64 bits per heavy atom. The Hall–Kier alpha value is -2.50. The molecule has 1 aliphatic rings. The van der Waals surface area contributed by atoms with E-state index in [2.05, 4.69) is 10.4 Å². The minimum atomic E-state index is -3.07. The summed E-state index contributed by atoms with van der Waals surface area (Å²) in [6.07, 6.45) is 0.923. The van der Waals surface area contributed by atoms with E-state index in [1.165, 1.54) is 18.2 Å². The molecule has 1 aliphatic heterocycles. The highest BCUT2D eigenvalue weighted by Gasteiger charge is 2.31. The molecule has 28 heavy (non-hydrogen) atoms. The fourth-order valence-electron chi connectivity index (χ4n) is 3.41. The minimum Gasteiger partial charge on any atom is -0.423 e. The first-order valence-corrected chi connectivity index (χ1v) is 10.5. The second kappa shape index (κ2) is 7.49. The summed E-state index contributed by atoms with van der Waals surface area (Å²) in [6.45, 7) is 3.47. The van der Waals surface area contributed by atoms with Crippen molar-refractivity contribution in [2.24, 2.45) is 0 Å². The quantitative estimate of drug-likeness (QED) is 0.455. The van der Waals surface area contributed by atoms with Crippen molar-refractivity contribution in [3.05, 3.63) is 40.7 Å². The molecule has 1 amide bonds. The van der Waals surface area contributed by atoms with Gasteiger partial charge in [-0.2, -0.15) is 5.10 Å². The summed E-state index contributed by atoms with van der Waals surface area (Å²) in [5.41, 5.74) is 1.85. The number of aryl methyl sites for hydroxylation is 1. The Labute approximate surface area is 162 Å². The molecule has 0 radical (unpaired) electrons. The molecule has 0 spiro atoms. The van der Waals surface area contributed by atoms with Crippen molar-refractivity contribution in [2.45, 2.75) is 26.3 Å². The molecule has 1 saturated heterocycles. The van der Waals surface area contributed by atoms with Crippen LogP contribution in [0.15, 0.2) is 18.2 Å². The fraction of sp³-hybridized carbons (Fsp3) is 0.353. The summed E-state index contributed by atoms with van der Waals surface area (Å²) in [4.78, 5) is 23.8. The molecule has 9 nitrogen and oxygen atoms in total. The van der Waals surface area contributed by atoms with Gasteiger partial charge in [0.2, 0.25) is 0 Å². The van der Waals surface area contributed by atoms with E-state index in [-0.39, 0.29) is 34.1 Å². The fourth-order valence-corrected chi connectivity index (χ4v) is 5.10. The van der Waals surface area contributed by atoms with Gasteiger partial charge >= 0.3 is 7.12 Å². The van der Waals surface area contributed by atoms with Gasteiger partial charge in [0, 0.05) is 11.1 Å². The molecule has 0 bridgehead atoms. The molecule has 2 aromatic rings. The van der Waals surface area contributed by atoms with Gasteiger partial charge in [-0.1, -0.05) is 6.07 Å². The van der Waals surface area contributed by atoms with Gasteiger partial charge in [-0.25, -0.2) is 8.42 Å². The number of hydrogen-bond donors (Lipinski definition) is 3. The number of benzene rings is 1. The lowest BCUT2D eigenvalue weighted by Crippen LogP contribution is -2.33. The number of aromatic nitrogens is 2. The van der Waals surface area contributed by atoms with Crippen molar-refractivity contribution in [1.82, 2.24) is 9.78 Å². The second-order valence-corrected chi connectivity index (χ2v) is 9.07. The van der Waals surface area contributed by atoms with Crippen LogP contribution >= 0.6 is 0 Å². The Balaban J connectivity index is 1.86. The number of aldehydes is 1. The van der Waals surface area contributed by atoms with Crippen molar-refractivity contribution in [1.29, 1.82) is 0 Å². The first-order valence-electron chi connectivity index (χ1n) is 8.65. The third-order valence-corrected chi connectivity index (χ3v) is 6.62. The molecule has 3 rings (SSSR count). The number of anilines is 1. The molecule has 0 saturated carbocycles. The number of carbonyl (C=O) groups excluding carboxylic acids is 2. The van der Waals surface area contributed by atoms with Gasteiger partial charge in [-0.15, -0.1) is 0 Å². The molecule has 1 fully saturated rings. The maximum absolute atomic E-state index is 12.6. The second-order valence-electron chi connectivity index (χ2n) is 6.84. The van der Waals surface area contributed by atoms with E-state index in [1.54, 1.807) is 18.5 Å². The Morgan fingerprint density at radius 1 is 1.36 bits per heavy atom. The van der Waals surface area contributed by atoms with E-state index in [1.807, 2.05) is 0 Å². The van der Waals surface area contributed by atoms with Crippen molar-refractivity contribution >= 4 is 40.3 Å². The van der Waals surface area contributed by atoms with E-state index in [4.69, 9.17) is 0 Å². The predicted molar refractivity (Wildman–Crippen MR) is 104 cm³/mol. The summed E-state index contributed by atoms with van der Waals surface area (Å²) in [5, 5.41) is 25.7. The number of amides is 1. The van der Waals surface area contributed by atoms with Gasteiger partial charge in [0.1, 0.15) is 6.29 Å². The molecule has 3 N–H and O–H groups in total. The Kier molecular flexibility index (Phi) is 5.42. The molecule has 1 aromatic carbocycles. The Morgan fingerprint density at radius 2 is 2.07 bits per heavy atom. The summed E-state index contributed by atoms with van der Waals surface area (Å²) < 4.78 is 25.1. The highest BCUT2D eigenvalue weighted by Crippen LogP contribution is 2.29. The largest absolute Gasteiger partial charge is 0.489 e. The zero-order valence-corrected chi connectivity index (χ0v) is 16.2. The maximum atomic E-state index is 12.6. The van der Waals surface area contributed by atoms with Gasteiger partial charge in [0.05, 0.1) is 34.6 Å². The highest BCUT2D eigenvalue weighted by molar-refractivity contribution is 7.91. The zero-order valence-electron chi connectivity index (χ0n) is 15.4. The number of hydrogen-bond acceptors (Lipinski definition) is 7. The normalized spacial score (nSPS) is 18.1. The lowest BCUT2D eigenvalue weighted by atomic mass is 9.77. The van der Waals surface area contributed by atoms with E-state index in [9.17, 15) is 28.1 Å². The average molecular weight is 405 g/mol. The third-order valence-electron chi connectivity index (χ3n) is 4.87. The predicted octanol–water partition coefficient (Wildman–Crippen LogP) is -0.396. The van der Waals surface area contributed by atoms with Crippen LogP contribution in [-0.2, 0) is 9.84 Å². The monoisotopic (exact) mass is 405 g/mol. The molecular weight excluding hydrogens is 385 g/mol. The van der Waals surface area contributed by atoms with Crippen LogP contribution in [0.2, 0.25) is 0 Å².